The maximum Gasteiger partial charge on any atom is 0.311 e. The number of aromatic amines is 1. The van der Waals surface area contributed by atoms with Crippen LogP contribution in [0.1, 0.15) is 98.4 Å². The first kappa shape index (κ1) is 45.2. The number of H-pyrrole nitrogens is 1. The van der Waals surface area contributed by atoms with Crippen LogP contribution in [0.4, 0.5) is 5.69 Å². The van der Waals surface area contributed by atoms with Crippen LogP contribution in [0.25, 0.3) is 11.6 Å². The average Bonchev–Trinajstić information content (AvgIpc) is 3.85. The summed E-state index contributed by atoms with van der Waals surface area (Å²) in [5.41, 5.74) is 3.85. The molecule has 0 bridgehead atoms. The van der Waals surface area contributed by atoms with Gasteiger partial charge in [0.25, 0.3) is 27.7 Å². The fraction of sp³-hybridized carbons (Fsp3) is 0.462. The lowest BCUT2D eigenvalue weighted by atomic mass is 10.0. The molecule has 2 aliphatic rings. The SMILES string of the molecule is CCN[C@H]1C[C@H](C)S(=O)(=O)c2sc(S(=O)(=O)NC(=O)[C@H](C)OC(=O)CCC(=O)Oc3ccc4c(c3)/C(=C/c3[nH]c(C)c(C(=O)NCCN(CC)CC)c3C)C(=O)N4)cc21. The number of hydrogen-bond donors (Lipinski definition) is 5. The molecule has 2 aromatic heterocycles. The Hall–Kier alpha value is -4.89. The third-order valence-electron chi connectivity index (χ3n) is 10.2. The number of fused-ring (bicyclic) bond motifs is 2. The van der Waals surface area contributed by atoms with Gasteiger partial charge in [-0.1, -0.05) is 20.8 Å². The Morgan fingerprint density at radius 3 is 2.44 bits per heavy atom. The molecule has 17 nitrogen and oxygen atoms in total. The number of sulfonamides is 1. The van der Waals surface area contributed by atoms with E-state index in [0.29, 0.717) is 70.3 Å². The van der Waals surface area contributed by atoms with Gasteiger partial charge < -0.3 is 35.3 Å². The van der Waals surface area contributed by atoms with Crippen LogP contribution in [0, 0.1) is 13.8 Å². The van der Waals surface area contributed by atoms with Crippen LogP contribution in [0.2, 0.25) is 0 Å². The number of sulfone groups is 1. The number of likely N-dealkylation sites (N-methyl/N-ethyl adjacent to an activating group) is 1. The highest BCUT2D eigenvalue weighted by Gasteiger charge is 2.40. The van der Waals surface area contributed by atoms with Crippen molar-refractivity contribution in [2.75, 3.05) is 38.0 Å². The van der Waals surface area contributed by atoms with E-state index in [1.54, 1.807) is 32.9 Å². The summed E-state index contributed by atoms with van der Waals surface area (Å²) in [4.78, 5) is 69.6. The number of aryl methyl sites for hydroxylation is 1. The zero-order valence-electron chi connectivity index (χ0n) is 33.9. The minimum atomic E-state index is -4.53. The lowest BCUT2D eigenvalue weighted by molar-refractivity contribution is -0.155. The highest BCUT2D eigenvalue weighted by atomic mass is 32.3. The summed E-state index contributed by atoms with van der Waals surface area (Å²) < 4.78 is 64.1. The van der Waals surface area contributed by atoms with Crippen molar-refractivity contribution in [2.45, 2.75) is 93.5 Å². The molecule has 3 aromatic rings. The van der Waals surface area contributed by atoms with Crippen LogP contribution in [0.3, 0.4) is 0 Å². The van der Waals surface area contributed by atoms with Gasteiger partial charge in [0.1, 0.15) is 14.2 Å². The molecule has 0 radical (unpaired) electrons. The Balaban J connectivity index is 1.17. The molecule has 59 heavy (non-hydrogen) atoms. The minimum Gasteiger partial charge on any atom is -0.452 e. The van der Waals surface area contributed by atoms with Gasteiger partial charge in [0.05, 0.1) is 29.2 Å². The van der Waals surface area contributed by atoms with Gasteiger partial charge in [-0.25, -0.2) is 21.6 Å². The fourth-order valence-corrected chi connectivity index (χ4v) is 11.9. The summed E-state index contributed by atoms with van der Waals surface area (Å²) in [6, 6.07) is 5.37. The van der Waals surface area contributed by atoms with E-state index in [0.717, 1.165) is 20.0 Å². The summed E-state index contributed by atoms with van der Waals surface area (Å²) in [6.07, 6.45) is -0.658. The number of hydrogen-bond acceptors (Lipinski definition) is 14. The van der Waals surface area contributed by atoms with Crippen molar-refractivity contribution < 1.29 is 50.3 Å². The quantitative estimate of drug-likeness (QED) is 0.0742. The van der Waals surface area contributed by atoms with Gasteiger partial charge in [-0.3, -0.25) is 24.0 Å². The predicted octanol–water partition coefficient (Wildman–Crippen LogP) is 3.60. The first-order chi connectivity index (χ1) is 27.8. The maximum absolute atomic E-state index is 13.1. The first-order valence-electron chi connectivity index (χ1n) is 19.3. The smallest absolute Gasteiger partial charge is 0.311 e. The molecule has 4 heterocycles. The average molecular weight is 875 g/mol. The molecule has 3 amide bonds. The van der Waals surface area contributed by atoms with Crippen LogP contribution in [0.5, 0.6) is 5.75 Å². The summed E-state index contributed by atoms with van der Waals surface area (Å²) in [5, 5.41) is 8.16. The van der Waals surface area contributed by atoms with Crippen molar-refractivity contribution in [3.05, 3.63) is 57.9 Å². The van der Waals surface area contributed by atoms with Crippen molar-refractivity contribution in [1.82, 2.24) is 25.2 Å². The number of ether oxygens (including phenoxy) is 2. The second-order valence-corrected chi connectivity index (χ2v) is 19.8. The fourth-order valence-electron chi connectivity index (χ4n) is 6.87. The number of anilines is 1. The summed E-state index contributed by atoms with van der Waals surface area (Å²) in [5.74, 6) is -3.52. The number of thiophene rings is 1. The molecule has 0 saturated heterocycles. The molecule has 5 N–H and O–H groups in total. The highest BCUT2D eigenvalue weighted by Crippen LogP contribution is 2.43. The van der Waals surface area contributed by atoms with Crippen LogP contribution >= 0.6 is 11.3 Å². The van der Waals surface area contributed by atoms with Crippen molar-refractivity contribution in [3.8, 4) is 5.75 Å². The third kappa shape index (κ3) is 10.1. The van der Waals surface area contributed by atoms with Crippen molar-refractivity contribution in [2.24, 2.45) is 0 Å². The van der Waals surface area contributed by atoms with Gasteiger partial charge in [-0.2, -0.15) is 0 Å². The topological polar surface area (TPSA) is 239 Å². The van der Waals surface area contributed by atoms with Gasteiger partial charge in [-0.15, -0.1) is 11.3 Å². The minimum absolute atomic E-state index is 0.0806. The number of rotatable bonds is 17. The van der Waals surface area contributed by atoms with E-state index in [4.69, 9.17) is 9.47 Å². The Morgan fingerprint density at radius 1 is 1.07 bits per heavy atom. The number of amides is 3. The summed E-state index contributed by atoms with van der Waals surface area (Å²) in [6.45, 7) is 15.7. The Bertz CT molecular complexity index is 2400. The molecular weight excluding hydrogens is 825 g/mol. The van der Waals surface area contributed by atoms with E-state index in [9.17, 15) is 40.8 Å². The largest absolute Gasteiger partial charge is 0.452 e. The number of benzene rings is 1. The predicted molar refractivity (Wildman–Crippen MR) is 221 cm³/mol. The molecule has 1 aromatic carbocycles. The number of carbonyl (C=O) groups excluding carboxylic acids is 5. The van der Waals surface area contributed by atoms with Gasteiger partial charge in [-0.05, 0) is 89.7 Å². The van der Waals surface area contributed by atoms with Crippen LogP contribution in [0.15, 0.2) is 32.7 Å². The molecule has 0 fully saturated rings. The highest BCUT2D eigenvalue weighted by molar-refractivity contribution is 7.95. The number of nitrogens with one attached hydrogen (secondary N) is 5. The van der Waals surface area contributed by atoms with Crippen molar-refractivity contribution >= 4 is 78.2 Å². The maximum atomic E-state index is 13.1. The van der Waals surface area contributed by atoms with Gasteiger partial charge in [0.2, 0.25) is 0 Å². The van der Waals surface area contributed by atoms with E-state index in [-0.39, 0.29) is 38.1 Å². The second kappa shape index (κ2) is 18.6. The zero-order valence-corrected chi connectivity index (χ0v) is 36.4. The Morgan fingerprint density at radius 2 is 1.76 bits per heavy atom. The standard InChI is InChI=1S/C39H50N6O11S3/c1-8-40-31-17-21(4)58(51,52)39-28(31)20-34(57-39)59(53,54)44-36(48)24(7)55-32(46)13-14-33(47)56-25-11-12-29-26(18-25)27(37(49)43-29)19-30-22(5)35(23(6)42-30)38(50)41-15-16-45(9-2)10-3/h11-12,18-21,24,31,40,42H,8-10,13-17H2,1-7H3,(H,41,50)(H,43,49)(H,44,48)/b27-19-/t21-,24-,31-/m0/s1. The number of nitrogens with zero attached hydrogens (tertiary/aromatic N) is 1. The molecule has 20 heteroatoms. The molecule has 5 rings (SSSR count). The molecule has 0 saturated carbocycles. The molecular formula is C39H50N6O11S3. The molecule has 0 spiro atoms. The Labute approximate surface area is 347 Å². The zero-order chi connectivity index (χ0) is 43.4. The van der Waals surface area contributed by atoms with E-state index >= 15 is 0 Å². The van der Waals surface area contributed by atoms with E-state index in [1.165, 1.54) is 18.2 Å². The molecule has 0 unspecified atom stereocenters. The normalized spacial score (nSPS) is 18.2. The van der Waals surface area contributed by atoms with E-state index in [2.05, 4.69) is 39.7 Å². The van der Waals surface area contributed by atoms with Crippen molar-refractivity contribution in [3.63, 3.8) is 0 Å². The number of esters is 2. The van der Waals surface area contributed by atoms with Crippen molar-refractivity contribution in [1.29, 1.82) is 0 Å². The lowest BCUT2D eigenvalue weighted by Gasteiger charge is -2.27. The lowest BCUT2D eigenvalue weighted by Crippen LogP contribution is -2.39. The van der Waals surface area contributed by atoms with E-state index < -0.39 is 67.8 Å². The van der Waals surface area contributed by atoms with E-state index in [1.807, 2.05) is 11.6 Å². The molecule has 0 aliphatic carbocycles. The van der Waals surface area contributed by atoms with Crippen LogP contribution in [-0.2, 0) is 43.8 Å². The van der Waals surface area contributed by atoms with Crippen LogP contribution < -0.4 is 25.4 Å². The molecule has 320 valence electrons. The first-order valence-corrected chi connectivity index (χ1v) is 23.1. The summed E-state index contributed by atoms with van der Waals surface area (Å²) >= 11 is 0.547. The monoisotopic (exact) mass is 874 g/mol. The second-order valence-electron chi connectivity index (χ2n) is 14.3. The van der Waals surface area contributed by atoms with Gasteiger partial charge in [0, 0.05) is 47.3 Å². The summed E-state index contributed by atoms with van der Waals surface area (Å²) in [7, 11) is -8.30. The van der Waals surface area contributed by atoms with Gasteiger partial charge in [0.15, 0.2) is 15.9 Å². The molecule has 3 atom stereocenters. The number of carbonyl (C=O) groups is 5. The van der Waals surface area contributed by atoms with Gasteiger partial charge >= 0.3 is 11.9 Å². The number of aromatic nitrogens is 1. The molecule has 2 aliphatic heterocycles. The third-order valence-corrected chi connectivity index (χ3v) is 15.9. The Kier molecular flexibility index (Phi) is 14.2. The van der Waals surface area contributed by atoms with Crippen LogP contribution in [-0.4, -0.2) is 100 Å².